The Kier molecular flexibility index (Phi) is 7.01. The SMILES string of the molecule is O=[C]CCC(=O)CCC(=O)CCO. The first kappa shape index (κ1) is 12.0. The van der Waals surface area contributed by atoms with E-state index >= 15 is 0 Å². The molecule has 0 aromatic heterocycles. The lowest BCUT2D eigenvalue weighted by atomic mass is 10.1. The van der Waals surface area contributed by atoms with Crippen LogP contribution >= 0.6 is 0 Å². The van der Waals surface area contributed by atoms with E-state index in [1.54, 1.807) is 6.29 Å². The van der Waals surface area contributed by atoms with Gasteiger partial charge < -0.3 is 5.11 Å². The van der Waals surface area contributed by atoms with Crippen molar-refractivity contribution < 1.29 is 19.5 Å². The van der Waals surface area contributed by atoms with Crippen molar-refractivity contribution in [2.75, 3.05) is 6.61 Å². The minimum Gasteiger partial charge on any atom is -0.396 e. The number of hydrogen-bond acceptors (Lipinski definition) is 4. The van der Waals surface area contributed by atoms with Gasteiger partial charge in [0.2, 0.25) is 0 Å². The van der Waals surface area contributed by atoms with Crippen LogP contribution in [0.2, 0.25) is 0 Å². The highest BCUT2D eigenvalue weighted by Crippen LogP contribution is 2.00. The third kappa shape index (κ3) is 7.33. The molecule has 13 heavy (non-hydrogen) atoms. The van der Waals surface area contributed by atoms with E-state index in [1.165, 1.54) is 0 Å². The summed E-state index contributed by atoms with van der Waals surface area (Å²) >= 11 is 0. The van der Waals surface area contributed by atoms with Crippen LogP contribution < -0.4 is 0 Å². The number of aliphatic hydroxyl groups excluding tert-OH is 1. The molecule has 0 unspecified atom stereocenters. The number of aliphatic hydroxyl groups is 1. The molecule has 0 aliphatic carbocycles. The van der Waals surface area contributed by atoms with Gasteiger partial charge in [-0.05, 0) is 0 Å². The summed E-state index contributed by atoms with van der Waals surface area (Å²) in [5.41, 5.74) is 0. The summed E-state index contributed by atoms with van der Waals surface area (Å²) in [6.45, 7) is -0.171. The Labute approximate surface area is 76.9 Å². The van der Waals surface area contributed by atoms with E-state index in [0.717, 1.165) is 0 Å². The molecule has 0 heterocycles. The summed E-state index contributed by atoms with van der Waals surface area (Å²) in [6.07, 6.45) is 2.32. The van der Waals surface area contributed by atoms with Gasteiger partial charge in [-0.15, -0.1) is 0 Å². The maximum Gasteiger partial charge on any atom is 0.198 e. The van der Waals surface area contributed by atoms with Gasteiger partial charge in [-0.3, -0.25) is 14.4 Å². The molecule has 4 nitrogen and oxygen atoms in total. The zero-order valence-corrected chi connectivity index (χ0v) is 7.41. The highest BCUT2D eigenvalue weighted by atomic mass is 16.3. The van der Waals surface area contributed by atoms with Crippen LogP contribution in [0.3, 0.4) is 0 Å². The van der Waals surface area contributed by atoms with Crippen molar-refractivity contribution in [3.8, 4) is 0 Å². The van der Waals surface area contributed by atoms with Gasteiger partial charge in [0.1, 0.15) is 11.6 Å². The van der Waals surface area contributed by atoms with Crippen LogP contribution in [-0.2, 0) is 14.4 Å². The summed E-state index contributed by atoms with van der Waals surface area (Å²) in [5.74, 6) is -0.222. The van der Waals surface area contributed by atoms with Gasteiger partial charge in [-0.25, -0.2) is 0 Å². The Morgan fingerprint density at radius 3 is 2.00 bits per heavy atom. The van der Waals surface area contributed by atoms with Crippen LogP contribution in [-0.4, -0.2) is 29.6 Å². The fraction of sp³-hybridized carbons (Fsp3) is 0.667. The molecule has 0 amide bonds. The molecule has 0 spiro atoms. The minimum atomic E-state index is -0.171. The summed E-state index contributed by atoms with van der Waals surface area (Å²) in [5, 5.41) is 8.39. The minimum absolute atomic E-state index is 0.102. The second kappa shape index (κ2) is 7.61. The summed E-state index contributed by atoms with van der Waals surface area (Å²) in [7, 11) is 0. The van der Waals surface area contributed by atoms with Crippen LogP contribution in [0, 0.1) is 0 Å². The van der Waals surface area contributed by atoms with E-state index in [1.807, 2.05) is 0 Å². The van der Waals surface area contributed by atoms with Crippen molar-refractivity contribution in [3.05, 3.63) is 0 Å². The molecule has 0 fully saturated rings. The molecule has 0 aliphatic rings. The molecule has 0 aromatic rings. The van der Waals surface area contributed by atoms with Crippen LogP contribution in [0.15, 0.2) is 0 Å². The molecule has 1 radical (unpaired) electrons. The van der Waals surface area contributed by atoms with Crippen LogP contribution in [0.25, 0.3) is 0 Å². The second-order valence-corrected chi connectivity index (χ2v) is 2.70. The van der Waals surface area contributed by atoms with E-state index in [2.05, 4.69) is 0 Å². The van der Waals surface area contributed by atoms with E-state index in [9.17, 15) is 14.4 Å². The van der Waals surface area contributed by atoms with Crippen molar-refractivity contribution in [1.29, 1.82) is 0 Å². The highest BCUT2D eigenvalue weighted by Gasteiger charge is 2.06. The van der Waals surface area contributed by atoms with Gasteiger partial charge in [-0.2, -0.15) is 0 Å². The lowest BCUT2D eigenvalue weighted by molar-refractivity contribution is -0.124. The number of rotatable bonds is 8. The van der Waals surface area contributed by atoms with Crippen molar-refractivity contribution in [3.63, 3.8) is 0 Å². The molecule has 0 atom stereocenters. The first-order valence-corrected chi connectivity index (χ1v) is 4.20. The topological polar surface area (TPSA) is 71.4 Å². The first-order valence-electron chi connectivity index (χ1n) is 4.20. The molecule has 73 valence electrons. The zero-order valence-electron chi connectivity index (χ0n) is 7.41. The van der Waals surface area contributed by atoms with Crippen LogP contribution in [0.4, 0.5) is 0 Å². The fourth-order valence-electron chi connectivity index (χ4n) is 0.844. The Hall–Kier alpha value is -1.03. The quantitative estimate of drug-likeness (QED) is 0.585. The van der Waals surface area contributed by atoms with Crippen LogP contribution in [0.5, 0.6) is 0 Å². The van der Waals surface area contributed by atoms with Gasteiger partial charge in [0.15, 0.2) is 6.29 Å². The first-order chi connectivity index (χ1) is 6.20. The Bertz CT molecular complexity index is 186. The summed E-state index contributed by atoms with van der Waals surface area (Å²) < 4.78 is 0. The van der Waals surface area contributed by atoms with E-state index in [4.69, 9.17) is 5.11 Å². The lowest BCUT2D eigenvalue weighted by Crippen LogP contribution is -2.05. The monoisotopic (exact) mass is 185 g/mol. The number of Topliss-reactive ketones (excluding diaryl/α,β-unsaturated/α-hetero) is 2. The number of ketones is 2. The maximum absolute atomic E-state index is 10.9. The van der Waals surface area contributed by atoms with Gasteiger partial charge >= 0.3 is 0 Å². The summed E-state index contributed by atoms with van der Waals surface area (Å²) in [6, 6.07) is 0. The second-order valence-electron chi connectivity index (χ2n) is 2.70. The number of hydrogen-bond donors (Lipinski definition) is 1. The van der Waals surface area contributed by atoms with E-state index in [-0.39, 0.29) is 50.3 Å². The third-order valence-corrected chi connectivity index (χ3v) is 1.58. The zero-order chi connectivity index (χ0) is 10.1. The normalized spacial score (nSPS) is 9.62. The van der Waals surface area contributed by atoms with E-state index < -0.39 is 0 Å². The molecule has 0 bridgehead atoms. The van der Waals surface area contributed by atoms with Crippen LogP contribution in [0.1, 0.15) is 32.1 Å². The Morgan fingerprint density at radius 1 is 1.00 bits per heavy atom. The number of carbonyl (C=O) groups is 2. The largest absolute Gasteiger partial charge is 0.396 e. The van der Waals surface area contributed by atoms with Crippen molar-refractivity contribution in [2.24, 2.45) is 0 Å². The van der Waals surface area contributed by atoms with Gasteiger partial charge in [0.25, 0.3) is 0 Å². The summed E-state index contributed by atoms with van der Waals surface area (Å²) in [4.78, 5) is 31.5. The molecule has 0 saturated carbocycles. The Morgan fingerprint density at radius 2 is 1.54 bits per heavy atom. The molecular weight excluding hydrogens is 172 g/mol. The predicted molar refractivity (Wildman–Crippen MR) is 45.9 cm³/mol. The molecule has 1 N–H and O–H groups in total. The Balaban J connectivity index is 3.45. The van der Waals surface area contributed by atoms with Gasteiger partial charge in [0, 0.05) is 38.7 Å². The average molecular weight is 185 g/mol. The predicted octanol–water partition coefficient (Wildman–Crippen LogP) is 0.177. The molecule has 4 heteroatoms. The lowest BCUT2D eigenvalue weighted by Gasteiger charge is -1.97. The standard InChI is InChI=1S/C9H13O4/c10-6-1-2-8(12)3-4-9(13)5-7-11/h11H,1-5,7H2. The van der Waals surface area contributed by atoms with Crippen molar-refractivity contribution in [2.45, 2.75) is 32.1 Å². The van der Waals surface area contributed by atoms with E-state index in [0.29, 0.717) is 0 Å². The molecular formula is C9H13O4. The number of carbonyl (C=O) groups excluding carboxylic acids is 3. The average Bonchev–Trinajstić information content (AvgIpc) is 2.12. The molecule has 0 aliphatic heterocycles. The third-order valence-electron chi connectivity index (χ3n) is 1.58. The highest BCUT2D eigenvalue weighted by molar-refractivity contribution is 5.86. The van der Waals surface area contributed by atoms with Crippen molar-refractivity contribution >= 4 is 17.9 Å². The van der Waals surface area contributed by atoms with Gasteiger partial charge in [-0.1, -0.05) is 0 Å². The smallest absolute Gasteiger partial charge is 0.198 e. The van der Waals surface area contributed by atoms with Gasteiger partial charge in [0.05, 0.1) is 0 Å². The fourth-order valence-corrected chi connectivity index (χ4v) is 0.844. The maximum atomic E-state index is 10.9. The van der Waals surface area contributed by atoms with Crippen molar-refractivity contribution in [1.82, 2.24) is 0 Å². The molecule has 0 rings (SSSR count). The molecule has 0 aromatic carbocycles. The molecule has 0 saturated heterocycles.